The van der Waals surface area contributed by atoms with Gasteiger partial charge in [0.1, 0.15) is 5.82 Å². The van der Waals surface area contributed by atoms with E-state index >= 15 is 0 Å². The van der Waals surface area contributed by atoms with Crippen molar-refractivity contribution in [3.63, 3.8) is 0 Å². The van der Waals surface area contributed by atoms with Crippen LogP contribution in [0.1, 0.15) is 62.8 Å². The molecule has 0 saturated heterocycles. The van der Waals surface area contributed by atoms with E-state index in [2.05, 4.69) is 5.32 Å². The number of aliphatic hydroxyl groups is 1. The van der Waals surface area contributed by atoms with Crippen LogP contribution in [0.4, 0.5) is 4.39 Å². The second-order valence-corrected chi connectivity index (χ2v) is 6.94. The molecule has 2 fully saturated rings. The van der Waals surface area contributed by atoms with Crippen molar-refractivity contribution in [2.75, 3.05) is 6.54 Å². The van der Waals surface area contributed by atoms with Gasteiger partial charge in [-0.15, -0.1) is 0 Å². The van der Waals surface area contributed by atoms with Crippen molar-refractivity contribution < 1.29 is 9.50 Å². The third kappa shape index (κ3) is 3.83. The molecule has 3 heteroatoms. The van der Waals surface area contributed by atoms with Gasteiger partial charge in [-0.05, 0) is 49.3 Å². The lowest BCUT2D eigenvalue weighted by molar-refractivity contribution is 0.0192. The molecule has 3 rings (SSSR count). The van der Waals surface area contributed by atoms with E-state index in [9.17, 15) is 9.50 Å². The highest BCUT2D eigenvalue weighted by molar-refractivity contribution is 5.23. The number of hydrogen-bond donors (Lipinski definition) is 2. The lowest BCUT2D eigenvalue weighted by Gasteiger charge is -2.39. The zero-order valence-corrected chi connectivity index (χ0v) is 12.7. The molecule has 0 radical (unpaired) electrons. The highest BCUT2D eigenvalue weighted by Crippen LogP contribution is 2.37. The maximum atomic E-state index is 13.2. The van der Waals surface area contributed by atoms with E-state index in [1.807, 2.05) is 6.07 Å². The van der Waals surface area contributed by atoms with Crippen molar-refractivity contribution in [3.8, 4) is 0 Å². The Morgan fingerprint density at radius 3 is 2.52 bits per heavy atom. The molecule has 1 aromatic carbocycles. The smallest absolute Gasteiger partial charge is 0.123 e. The van der Waals surface area contributed by atoms with E-state index in [0.29, 0.717) is 18.5 Å². The van der Waals surface area contributed by atoms with E-state index in [-0.39, 0.29) is 5.82 Å². The molecule has 2 N–H and O–H groups in total. The molecule has 0 amide bonds. The fourth-order valence-electron chi connectivity index (χ4n) is 3.71. The molecule has 0 aliphatic heterocycles. The van der Waals surface area contributed by atoms with Crippen LogP contribution in [0.5, 0.6) is 0 Å². The molecule has 0 spiro atoms. The first kappa shape index (κ1) is 15.0. The standard InChI is InChI=1S/C18H26FNO/c19-16-7-5-6-14(10-16)15-11-17(12-15)20-13-18(21)8-3-1-2-4-9-18/h5-7,10,15,17,20-21H,1-4,8-9,11-13H2. The SMILES string of the molecule is OC1(CNC2CC(c3cccc(F)c3)C2)CCCCCC1. The van der Waals surface area contributed by atoms with Crippen molar-refractivity contribution in [3.05, 3.63) is 35.6 Å². The molecular formula is C18H26FNO. The Balaban J connectivity index is 1.44. The molecule has 2 aliphatic carbocycles. The Morgan fingerprint density at radius 2 is 1.86 bits per heavy atom. The molecule has 116 valence electrons. The molecule has 0 heterocycles. The molecule has 2 nitrogen and oxygen atoms in total. The third-order valence-electron chi connectivity index (χ3n) is 5.21. The van der Waals surface area contributed by atoms with E-state index in [1.54, 1.807) is 12.1 Å². The minimum absolute atomic E-state index is 0.142. The van der Waals surface area contributed by atoms with E-state index < -0.39 is 5.60 Å². The summed E-state index contributed by atoms with van der Waals surface area (Å²) in [6.07, 6.45) is 8.78. The molecular weight excluding hydrogens is 265 g/mol. The van der Waals surface area contributed by atoms with Crippen LogP contribution in [-0.4, -0.2) is 23.3 Å². The molecule has 0 aromatic heterocycles. The Kier molecular flexibility index (Phi) is 4.60. The van der Waals surface area contributed by atoms with Crippen LogP contribution in [0.2, 0.25) is 0 Å². The highest BCUT2D eigenvalue weighted by Gasteiger charge is 2.33. The zero-order valence-electron chi connectivity index (χ0n) is 12.7. The quantitative estimate of drug-likeness (QED) is 0.828. The molecule has 0 unspecified atom stereocenters. The van der Waals surface area contributed by atoms with Gasteiger partial charge in [0.2, 0.25) is 0 Å². The van der Waals surface area contributed by atoms with Crippen LogP contribution >= 0.6 is 0 Å². The van der Waals surface area contributed by atoms with Crippen molar-refractivity contribution in [2.24, 2.45) is 0 Å². The molecule has 0 atom stereocenters. The normalized spacial score (nSPS) is 28.7. The predicted molar refractivity (Wildman–Crippen MR) is 82.8 cm³/mol. The number of hydrogen-bond acceptors (Lipinski definition) is 2. The summed E-state index contributed by atoms with van der Waals surface area (Å²) in [4.78, 5) is 0. The van der Waals surface area contributed by atoms with Gasteiger partial charge >= 0.3 is 0 Å². The summed E-state index contributed by atoms with van der Waals surface area (Å²) >= 11 is 0. The number of halogens is 1. The fourth-order valence-corrected chi connectivity index (χ4v) is 3.71. The minimum atomic E-state index is -0.500. The largest absolute Gasteiger partial charge is 0.389 e. The van der Waals surface area contributed by atoms with Crippen LogP contribution in [0.15, 0.2) is 24.3 Å². The Labute approximate surface area is 126 Å². The van der Waals surface area contributed by atoms with Crippen LogP contribution in [0, 0.1) is 5.82 Å². The minimum Gasteiger partial charge on any atom is -0.389 e. The predicted octanol–water partition coefficient (Wildman–Crippen LogP) is 3.75. The van der Waals surface area contributed by atoms with Crippen LogP contribution in [0.25, 0.3) is 0 Å². The summed E-state index contributed by atoms with van der Waals surface area (Å²) in [7, 11) is 0. The molecule has 1 aromatic rings. The summed E-state index contributed by atoms with van der Waals surface area (Å²) in [6.45, 7) is 0.716. The van der Waals surface area contributed by atoms with Crippen molar-refractivity contribution in [1.82, 2.24) is 5.32 Å². The number of rotatable bonds is 4. The van der Waals surface area contributed by atoms with Gasteiger partial charge in [0.25, 0.3) is 0 Å². The summed E-state index contributed by atoms with van der Waals surface area (Å²) in [5, 5.41) is 14.2. The average Bonchev–Trinajstić information content (AvgIpc) is 2.62. The fraction of sp³-hybridized carbons (Fsp3) is 0.667. The van der Waals surface area contributed by atoms with Gasteiger partial charge in [0, 0.05) is 12.6 Å². The maximum Gasteiger partial charge on any atom is 0.123 e. The van der Waals surface area contributed by atoms with Gasteiger partial charge in [-0.3, -0.25) is 0 Å². The highest BCUT2D eigenvalue weighted by atomic mass is 19.1. The van der Waals surface area contributed by atoms with Gasteiger partial charge in [0.05, 0.1) is 5.60 Å². The molecule has 2 saturated carbocycles. The Morgan fingerprint density at radius 1 is 1.14 bits per heavy atom. The third-order valence-corrected chi connectivity index (χ3v) is 5.21. The van der Waals surface area contributed by atoms with Crippen LogP contribution in [-0.2, 0) is 0 Å². The van der Waals surface area contributed by atoms with E-state index in [0.717, 1.165) is 44.1 Å². The molecule has 2 aliphatic rings. The molecule has 0 bridgehead atoms. The molecule has 21 heavy (non-hydrogen) atoms. The number of nitrogens with one attached hydrogen (secondary N) is 1. The lowest BCUT2D eigenvalue weighted by atomic mass is 9.75. The van der Waals surface area contributed by atoms with Crippen LogP contribution < -0.4 is 5.32 Å². The van der Waals surface area contributed by atoms with Crippen molar-refractivity contribution in [2.45, 2.75) is 68.9 Å². The van der Waals surface area contributed by atoms with Gasteiger partial charge in [-0.2, -0.15) is 0 Å². The second kappa shape index (κ2) is 6.45. The summed E-state index contributed by atoms with van der Waals surface area (Å²) in [6, 6.07) is 7.44. The first-order chi connectivity index (χ1) is 10.1. The average molecular weight is 291 g/mol. The van der Waals surface area contributed by atoms with E-state index in [1.165, 1.54) is 18.9 Å². The summed E-state index contributed by atoms with van der Waals surface area (Å²) in [5.74, 6) is 0.332. The van der Waals surface area contributed by atoms with E-state index in [4.69, 9.17) is 0 Å². The van der Waals surface area contributed by atoms with Gasteiger partial charge in [-0.25, -0.2) is 4.39 Å². The van der Waals surface area contributed by atoms with Crippen molar-refractivity contribution >= 4 is 0 Å². The summed E-state index contributed by atoms with van der Waals surface area (Å²) < 4.78 is 13.2. The van der Waals surface area contributed by atoms with Gasteiger partial charge in [0.15, 0.2) is 0 Å². The second-order valence-electron chi connectivity index (χ2n) is 6.94. The zero-order chi connectivity index (χ0) is 14.7. The topological polar surface area (TPSA) is 32.3 Å². The Bertz CT molecular complexity index is 462. The first-order valence-electron chi connectivity index (χ1n) is 8.36. The Hall–Kier alpha value is -0.930. The van der Waals surface area contributed by atoms with Crippen LogP contribution in [0.3, 0.4) is 0 Å². The lowest BCUT2D eigenvalue weighted by Crippen LogP contribution is -2.48. The first-order valence-corrected chi connectivity index (χ1v) is 8.36. The van der Waals surface area contributed by atoms with Crippen molar-refractivity contribution in [1.29, 1.82) is 0 Å². The number of benzene rings is 1. The summed E-state index contributed by atoms with van der Waals surface area (Å²) in [5.41, 5.74) is 0.613. The van der Waals surface area contributed by atoms with Gasteiger partial charge in [-0.1, -0.05) is 37.8 Å². The van der Waals surface area contributed by atoms with Gasteiger partial charge < -0.3 is 10.4 Å². The monoisotopic (exact) mass is 291 g/mol. The maximum absolute atomic E-state index is 13.2.